The monoisotopic (exact) mass is 1260 g/mol. The second-order valence-electron chi connectivity index (χ2n) is 22.5. The van der Waals surface area contributed by atoms with Crippen LogP contribution in [0.5, 0.6) is 0 Å². The van der Waals surface area contributed by atoms with E-state index in [2.05, 4.69) is 42.5 Å². The number of hydrogen-bond donors (Lipinski definition) is 13. The number of aliphatic hydroxyl groups is 3. The molecule has 4 aliphatic heterocycles. The van der Waals surface area contributed by atoms with E-state index >= 15 is 4.39 Å². The van der Waals surface area contributed by atoms with Crippen molar-refractivity contribution in [2.75, 3.05) is 39.5 Å². The Morgan fingerprint density at radius 3 is 2.20 bits per heavy atom. The number of aryl methyl sites for hydroxylation is 1. The van der Waals surface area contributed by atoms with Crippen molar-refractivity contribution in [1.29, 1.82) is 0 Å². The molecule has 9 atom stereocenters. The van der Waals surface area contributed by atoms with Crippen molar-refractivity contribution in [3.8, 4) is 11.4 Å². The summed E-state index contributed by atoms with van der Waals surface area (Å²) in [7, 11) is 0. The average molecular weight is 1260 g/mol. The molecule has 6 heterocycles. The number of amides is 12. The summed E-state index contributed by atoms with van der Waals surface area (Å²) in [5, 5.41) is 52.3. The molecule has 8 rings (SSSR count). The lowest BCUT2D eigenvalue weighted by Crippen LogP contribution is -2.58. The molecule has 1 saturated heterocycles. The quantitative estimate of drug-likeness (QED) is 0.0110. The Hall–Kier alpha value is -9.31. The van der Waals surface area contributed by atoms with Crippen LogP contribution in [0.25, 0.3) is 22.3 Å². The van der Waals surface area contributed by atoms with Crippen LogP contribution >= 0.6 is 0 Å². The van der Waals surface area contributed by atoms with E-state index in [-0.39, 0.29) is 68.0 Å². The number of rotatable bonds is 28. The van der Waals surface area contributed by atoms with Gasteiger partial charge in [-0.25, -0.2) is 19.0 Å². The third kappa shape index (κ3) is 15.4. The number of imide groups is 1. The first-order valence-corrected chi connectivity index (χ1v) is 28.9. The third-order valence-corrected chi connectivity index (χ3v) is 16.0. The Labute approximate surface area is 511 Å². The van der Waals surface area contributed by atoms with Gasteiger partial charge in [0.25, 0.3) is 17.4 Å². The SMILES string of the molecule is Cc1c(F)cc2nc3c(c4c2c1CC[C@@H]4NC(=O)COCNC(=O)[C@H](CCCNC(N)=O)NC(=O)[C@@H](NC(=O)[C@H](CCC(=O)NC[C@H]1O[C@@H](CC(N)=O)[C@H](O)[C@@H]1O)NC(=O)CCNC(=O)CN1C(=O)C=CC1=O)C(C)C)Cn1c-3cc2c(c1=O)COC(=O)[C@H]2O. The van der Waals surface area contributed by atoms with Crippen LogP contribution in [-0.2, 0) is 86.5 Å². The van der Waals surface area contributed by atoms with Crippen molar-refractivity contribution in [2.45, 2.75) is 140 Å². The Morgan fingerprint density at radius 1 is 0.789 bits per heavy atom. The maximum atomic E-state index is 15.4. The number of nitrogens with two attached hydrogens (primary N) is 2. The topological polar surface area (TPSA) is 480 Å². The van der Waals surface area contributed by atoms with Gasteiger partial charge in [0.15, 0.2) is 6.10 Å². The summed E-state index contributed by atoms with van der Waals surface area (Å²) in [5.74, 6) is -10.1. The number of halogens is 1. The second-order valence-corrected chi connectivity index (χ2v) is 22.5. The molecular formula is C57H70FN13O19. The Balaban J connectivity index is 0.900. The van der Waals surface area contributed by atoms with Gasteiger partial charge in [-0.3, -0.25) is 57.6 Å². The third-order valence-electron chi connectivity index (χ3n) is 16.0. The van der Waals surface area contributed by atoms with Crippen LogP contribution in [-0.4, -0.2) is 183 Å². The maximum Gasteiger partial charge on any atom is 0.340 e. The van der Waals surface area contributed by atoms with Crippen LogP contribution in [0.15, 0.2) is 29.1 Å². The van der Waals surface area contributed by atoms with Crippen LogP contribution in [0.2, 0.25) is 0 Å². The van der Waals surface area contributed by atoms with Crippen LogP contribution < -0.4 is 59.6 Å². The van der Waals surface area contributed by atoms with Crippen molar-refractivity contribution < 1.29 is 91.5 Å². The molecule has 1 fully saturated rings. The molecule has 0 unspecified atom stereocenters. The summed E-state index contributed by atoms with van der Waals surface area (Å²) >= 11 is 0. The Morgan fingerprint density at radius 2 is 1.50 bits per heavy atom. The minimum atomic E-state index is -1.72. The van der Waals surface area contributed by atoms with Gasteiger partial charge in [-0.15, -0.1) is 0 Å². The van der Waals surface area contributed by atoms with Gasteiger partial charge >= 0.3 is 12.0 Å². The number of hydrogen-bond acceptors (Lipinski definition) is 20. The zero-order valence-corrected chi connectivity index (χ0v) is 49.1. The van der Waals surface area contributed by atoms with Gasteiger partial charge in [0, 0.05) is 67.2 Å². The number of aliphatic hydroxyl groups excluding tert-OH is 3. The lowest BCUT2D eigenvalue weighted by molar-refractivity contribution is -0.157. The van der Waals surface area contributed by atoms with Crippen molar-refractivity contribution in [1.82, 2.24) is 57.0 Å². The van der Waals surface area contributed by atoms with Gasteiger partial charge in [-0.1, -0.05) is 13.8 Å². The van der Waals surface area contributed by atoms with Gasteiger partial charge in [0.2, 0.25) is 47.3 Å². The minimum Gasteiger partial charge on any atom is -0.458 e. The molecule has 1 aromatic carbocycles. The van der Waals surface area contributed by atoms with Crippen LogP contribution in [0.3, 0.4) is 0 Å². The van der Waals surface area contributed by atoms with Crippen LogP contribution in [0.4, 0.5) is 9.18 Å². The second kappa shape index (κ2) is 28.9. The minimum absolute atomic E-state index is 0.00729. The van der Waals surface area contributed by atoms with E-state index in [4.69, 9.17) is 30.7 Å². The van der Waals surface area contributed by atoms with E-state index in [0.717, 1.165) is 12.2 Å². The standard InChI is InChI=1S/C57H70FN13O19/c1-24(2)47(69-53(83)33(66-40(74)12-14-61-41(75)20-71-43(77)10-11-44(71)78)8-9-39(73)63-18-37-51(81)50(80)36(90-37)17-38(59)72)54(84)68-32(5-4-13-62-57(60)87)52(82)64-23-88-22-42(76)65-31-7-6-26-25(3)30(58)16-34-45(26)46(31)28-19-70-35(48(28)67-34)15-27-29(55(70)85)21-89-56(86)49(27)79/h10-11,15-16,24,31-33,36-37,47,49-51,79-81H,4-9,12-14,17-23H2,1-3H3,(H2,59,72)(H,61,75)(H,63,73)(H,64,82)(H,65,76)(H,66,74)(H,68,84)(H,69,83)(H3,60,62,87)/t31-,32-,33-,36-,37+,47-,49-,50-,51+/m0/s1. The molecule has 3 aromatic rings. The number of nitrogens with one attached hydrogen (secondary N) is 8. The number of aromatic nitrogens is 2. The first-order valence-electron chi connectivity index (χ1n) is 28.9. The number of nitrogens with zero attached hydrogens (tertiary/aromatic N) is 3. The molecule has 1 aliphatic carbocycles. The summed E-state index contributed by atoms with van der Waals surface area (Å²) in [6, 6.07) is -3.19. The normalized spacial score (nSPS) is 20.4. The van der Waals surface area contributed by atoms with E-state index in [9.17, 15) is 77.6 Å². The number of cyclic esters (lactones) is 1. The van der Waals surface area contributed by atoms with E-state index in [0.29, 0.717) is 51.1 Å². The molecule has 0 bridgehead atoms. The molecular weight excluding hydrogens is 1190 g/mol. The van der Waals surface area contributed by atoms with Crippen molar-refractivity contribution in [3.63, 3.8) is 0 Å². The fourth-order valence-electron chi connectivity index (χ4n) is 11.3. The zero-order valence-electron chi connectivity index (χ0n) is 49.1. The molecule has 2 aromatic heterocycles. The van der Waals surface area contributed by atoms with E-state index < -0.39 is 189 Å². The number of primary amides is 2. The molecule has 0 spiro atoms. The lowest BCUT2D eigenvalue weighted by Gasteiger charge is -2.29. The number of esters is 1. The van der Waals surface area contributed by atoms with Gasteiger partial charge in [0.1, 0.15) is 68.7 Å². The highest BCUT2D eigenvalue weighted by Gasteiger charge is 2.44. The molecule has 15 N–H and O–H groups in total. The van der Waals surface area contributed by atoms with Gasteiger partial charge in [-0.05, 0) is 67.7 Å². The Kier molecular flexibility index (Phi) is 21.4. The first kappa shape index (κ1) is 66.6. The molecule has 12 amide bonds. The number of benzene rings is 1. The maximum absolute atomic E-state index is 15.4. The summed E-state index contributed by atoms with van der Waals surface area (Å²) in [4.78, 5) is 173. The van der Waals surface area contributed by atoms with Crippen molar-refractivity contribution in [3.05, 3.63) is 73.8 Å². The number of pyridine rings is 2. The van der Waals surface area contributed by atoms with Gasteiger partial charge in [-0.2, -0.15) is 0 Å². The molecule has 0 saturated carbocycles. The summed E-state index contributed by atoms with van der Waals surface area (Å²) in [6.07, 6.45) is -6.23. The molecule has 484 valence electrons. The molecule has 0 radical (unpaired) electrons. The number of fused-ring (bicyclic) bond motifs is 5. The predicted molar refractivity (Wildman–Crippen MR) is 306 cm³/mol. The number of urea groups is 1. The summed E-state index contributed by atoms with van der Waals surface area (Å²) in [5.41, 5.74) is 13.1. The van der Waals surface area contributed by atoms with E-state index in [1.54, 1.807) is 20.8 Å². The van der Waals surface area contributed by atoms with Gasteiger partial charge < -0.3 is 88.1 Å². The van der Waals surface area contributed by atoms with Gasteiger partial charge in [0.05, 0.1) is 47.6 Å². The summed E-state index contributed by atoms with van der Waals surface area (Å²) in [6.45, 7) is 1.83. The highest BCUT2D eigenvalue weighted by atomic mass is 19.1. The molecule has 33 heteroatoms. The average Bonchev–Trinajstić information content (AvgIpc) is 1.50. The van der Waals surface area contributed by atoms with Crippen molar-refractivity contribution >= 4 is 82.0 Å². The molecule has 32 nitrogen and oxygen atoms in total. The Bertz CT molecular complexity index is 3500. The number of ether oxygens (including phenoxy) is 3. The highest BCUT2D eigenvalue weighted by Crippen LogP contribution is 2.45. The highest BCUT2D eigenvalue weighted by molar-refractivity contribution is 6.14. The van der Waals surface area contributed by atoms with Crippen molar-refractivity contribution in [2.24, 2.45) is 17.4 Å². The number of carbonyl (C=O) groups excluding carboxylic acids is 12. The van der Waals surface area contributed by atoms with Crippen LogP contribution in [0.1, 0.15) is 104 Å². The van der Waals surface area contributed by atoms with Crippen LogP contribution in [0, 0.1) is 18.7 Å². The molecule has 5 aliphatic rings. The fraction of sp³-hybridized carbons (Fsp3) is 0.509. The largest absolute Gasteiger partial charge is 0.458 e. The lowest BCUT2D eigenvalue weighted by atomic mass is 9.81. The zero-order chi connectivity index (χ0) is 65.4. The van der Waals surface area contributed by atoms with E-state index in [1.807, 2.05) is 0 Å². The number of carbonyl (C=O) groups is 12. The van der Waals surface area contributed by atoms with E-state index in [1.165, 1.54) is 16.7 Å². The molecule has 90 heavy (non-hydrogen) atoms. The smallest absolute Gasteiger partial charge is 0.340 e. The fourth-order valence-corrected chi connectivity index (χ4v) is 11.3. The summed E-state index contributed by atoms with van der Waals surface area (Å²) < 4.78 is 33.0. The predicted octanol–water partition coefficient (Wildman–Crippen LogP) is -4.59. The first-order chi connectivity index (χ1) is 42.7.